The lowest BCUT2D eigenvalue weighted by Crippen LogP contribution is -2.38. The normalized spacial score (nSPS) is 9.74. The van der Waals surface area contributed by atoms with E-state index in [4.69, 9.17) is 5.11 Å². The number of phenols is 2. The molecule has 19 heavy (non-hydrogen) atoms. The van der Waals surface area contributed by atoms with Crippen LogP contribution in [0.2, 0.25) is 0 Å². The quantitative estimate of drug-likeness (QED) is 0.580. The molecule has 0 fully saturated rings. The molecule has 2 amide bonds. The van der Waals surface area contributed by atoms with Gasteiger partial charge in [-0.25, -0.2) is 4.79 Å². The van der Waals surface area contributed by atoms with Crippen molar-refractivity contribution in [2.24, 2.45) is 0 Å². The molecule has 0 aliphatic rings. The number of carbonyl (C=O) groups excluding carboxylic acids is 2. The lowest BCUT2D eigenvalue weighted by Gasteiger charge is -2.08. The van der Waals surface area contributed by atoms with Gasteiger partial charge in [0, 0.05) is 18.2 Å². The summed E-state index contributed by atoms with van der Waals surface area (Å²) < 4.78 is 4.64. The fourth-order valence-electron chi connectivity index (χ4n) is 1.30. The molecule has 0 spiro atoms. The van der Waals surface area contributed by atoms with Gasteiger partial charge in [0.05, 0.1) is 6.61 Å². The Morgan fingerprint density at radius 3 is 2.63 bits per heavy atom. The number of amides is 2. The van der Waals surface area contributed by atoms with Crippen LogP contribution >= 0.6 is 0 Å². The Balaban J connectivity index is 2.36. The number of esters is 1. The molecule has 1 aromatic carbocycles. The highest BCUT2D eigenvalue weighted by Gasteiger charge is 2.07. The van der Waals surface area contributed by atoms with Crippen LogP contribution in [0, 0.1) is 0 Å². The third-order valence-electron chi connectivity index (χ3n) is 2.21. The summed E-state index contributed by atoms with van der Waals surface area (Å²) in [5, 5.41) is 23.4. The number of phenolic OH excluding ortho intramolecular Hbond substituents is 2. The third kappa shape index (κ3) is 5.15. The number of aromatic hydroxyl groups is 2. The predicted octanol–water partition coefficient (Wildman–Crippen LogP) is 0.460. The predicted molar refractivity (Wildman–Crippen MR) is 66.6 cm³/mol. The molecule has 0 aromatic heterocycles. The Bertz CT molecular complexity index is 461. The second-order valence-electron chi connectivity index (χ2n) is 3.65. The van der Waals surface area contributed by atoms with Gasteiger partial charge in [0.1, 0.15) is 18.0 Å². The minimum atomic E-state index is -0.555. The van der Waals surface area contributed by atoms with E-state index in [0.29, 0.717) is 5.56 Å². The number of ether oxygens (including phenoxy) is 1. The second-order valence-corrected chi connectivity index (χ2v) is 3.65. The molecule has 0 radical (unpaired) electrons. The first-order valence-corrected chi connectivity index (χ1v) is 5.71. The summed E-state index contributed by atoms with van der Waals surface area (Å²) >= 11 is 0. The van der Waals surface area contributed by atoms with Crippen molar-refractivity contribution in [3.05, 3.63) is 23.8 Å². The van der Waals surface area contributed by atoms with Gasteiger partial charge in [0.2, 0.25) is 0 Å². The fraction of sp³-hybridized carbons (Fsp3) is 0.333. The van der Waals surface area contributed by atoms with Crippen LogP contribution in [0.25, 0.3) is 0 Å². The molecule has 0 saturated carbocycles. The van der Waals surface area contributed by atoms with E-state index >= 15 is 0 Å². The van der Waals surface area contributed by atoms with E-state index in [1.807, 2.05) is 0 Å². The Hall–Kier alpha value is -2.44. The van der Waals surface area contributed by atoms with Gasteiger partial charge in [-0.3, -0.25) is 4.79 Å². The standard InChI is InChI=1S/C12H16N2O5/c1-2-19-11(17)7-14-12(18)13-6-8-3-4-9(15)5-10(8)16/h3-5,15-16H,2,6-7H2,1H3,(H2,13,14,18). The monoisotopic (exact) mass is 268 g/mol. The van der Waals surface area contributed by atoms with E-state index in [2.05, 4.69) is 15.4 Å². The zero-order chi connectivity index (χ0) is 14.3. The number of carbonyl (C=O) groups is 2. The summed E-state index contributed by atoms with van der Waals surface area (Å²) in [6.07, 6.45) is 0. The minimum absolute atomic E-state index is 0.0620. The molecule has 0 aliphatic carbocycles. The molecule has 0 saturated heterocycles. The highest BCUT2D eigenvalue weighted by Crippen LogP contribution is 2.21. The molecule has 1 aromatic rings. The summed E-state index contributed by atoms with van der Waals surface area (Å²) in [6, 6.07) is 3.50. The molecule has 1 rings (SSSR count). The molecule has 0 aliphatic heterocycles. The minimum Gasteiger partial charge on any atom is -0.508 e. The van der Waals surface area contributed by atoms with Gasteiger partial charge in [-0.1, -0.05) is 0 Å². The highest BCUT2D eigenvalue weighted by molar-refractivity contribution is 5.80. The van der Waals surface area contributed by atoms with Crippen molar-refractivity contribution in [3.8, 4) is 11.5 Å². The zero-order valence-corrected chi connectivity index (χ0v) is 10.5. The van der Waals surface area contributed by atoms with Crippen molar-refractivity contribution < 1.29 is 24.5 Å². The van der Waals surface area contributed by atoms with Crippen LogP contribution in [0.4, 0.5) is 4.79 Å². The van der Waals surface area contributed by atoms with E-state index in [-0.39, 0.29) is 31.2 Å². The van der Waals surface area contributed by atoms with Crippen molar-refractivity contribution in [2.75, 3.05) is 13.2 Å². The van der Waals surface area contributed by atoms with Crippen molar-refractivity contribution in [1.82, 2.24) is 10.6 Å². The largest absolute Gasteiger partial charge is 0.508 e. The van der Waals surface area contributed by atoms with Gasteiger partial charge >= 0.3 is 12.0 Å². The molecular weight excluding hydrogens is 252 g/mol. The van der Waals surface area contributed by atoms with Crippen molar-refractivity contribution in [2.45, 2.75) is 13.5 Å². The molecular formula is C12H16N2O5. The van der Waals surface area contributed by atoms with Gasteiger partial charge in [-0.15, -0.1) is 0 Å². The van der Waals surface area contributed by atoms with Gasteiger partial charge in [-0.05, 0) is 19.1 Å². The molecule has 0 atom stereocenters. The maximum Gasteiger partial charge on any atom is 0.325 e. The highest BCUT2D eigenvalue weighted by atomic mass is 16.5. The lowest BCUT2D eigenvalue weighted by atomic mass is 10.2. The second kappa shape index (κ2) is 7.10. The van der Waals surface area contributed by atoms with E-state index in [1.165, 1.54) is 18.2 Å². The molecule has 7 nitrogen and oxygen atoms in total. The van der Waals surface area contributed by atoms with Crippen LogP contribution in [0.3, 0.4) is 0 Å². The number of nitrogens with one attached hydrogen (secondary N) is 2. The Morgan fingerprint density at radius 2 is 2.00 bits per heavy atom. The zero-order valence-electron chi connectivity index (χ0n) is 10.5. The van der Waals surface area contributed by atoms with Crippen LogP contribution in [-0.4, -0.2) is 35.4 Å². The number of rotatable bonds is 5. The van der Waals surface area contributed by atoms with Crippen molar-refractivity contribution in [3.63, 3.8) is 0 Å². The smallest absolute Gasteiger partial charge is 0.325 e. The summed E-state index contributed by atoms with van der Waals surface area (Å²) in [5.74, 6) is -0.705. The van der Waals surface area contributed by atoms with E-state index in [9.17, 15) is 14.7 Å². The van der Waals surface area contributed by atoms with Crippen LogP contribution < -0.4 is 10.6 Å². The van der Waals surface area contributed by atoms with E-state index in [0.717, 1.165) is 0 Å². The lowest BCUT2D eigenvalue weighted by molar-refractivity contribution is -0.141. The van der Waals surface area contributed by atoms with Crippen LogP contribution in [0.1, 0.15) is 12.5 Å². The van der Waals surface area contributed by atoms with Crippen molar-refractivity contribution >= 4 is 12.0 Å². The SMILES string of the molecule is CCOC(=O)CNC(=O)NCc1ccc(O)cc1O. The first-order valence-electron chi connectivity index (χ1n) is 5.71. The van der Waals surface area contributed by atoms with E-state index < -0.39 is 12.0 Å². The van der Waals surface area contributed by atoms with Crippen LogP contribution in [-0.2, 0) is 16.1 Å². The van der Waals surface area contributed by atoms with E-state index in [1.54, 1.807) is 6.92 Å². The summed E-state index contributed by atoms with van der Waals surface area (Å²) in [4.78, 5) is 22.3. The maximum atomic E-state index is 11.3. The molecule has 0 heterocycles. The number of hydrogen-bond acceptors (Lipinski definition) is 5. The average molecular weight is 268 g/mol. The Kier molecular flexibility index (Phi) is 5.46. The molecule has 7 heteroatoms. The first-order chi connectivity index (χ1) is 9.02. The number of benzene rings is 1. The summed E-state index contributed by atoms with van der Waals surface area (Å²) in [6.45, 7) is 1.77. The van der Waals surface area contributed by atoms with Crippen LogP contribution in [0.15, 0.2) is 18.2 Å². The van der Waals surface area contributed by atoms with Gasteiger partial charge in [-0.2, -0.15) is 0 Å². The maximum absolute atomic E-state index is 11.3. The summed E-state index contributed by atoms with van der Waals surface area (Å²) in [7, 11) is 0. The number of urea groups is 1. The molecule has 0 bridgehead atoms. The van der Waals surface area contributed by atoms with Gasteiger partial charge < -0.3 is 25.6 Å². The fourth-order valence-corrected chi connectivity index (χ4v) is 1.30. The van der Waals surface area contributed by atoms with Gasteiger partial charge in [0.25, 0.3) is 0 Å². The molecule has 104 valence electrons. The number of hydrogen-bond donors (Lipinski definition) is 4. The third-order valence-corrected chi connectivity index (χ3v) is 2.21. The van der Waals surface area contributed by atoms with Crippen LogP contribution in [0.5, 0.6) is 11.5 Å². The topological polar surface area (TPSA) is 108 Å². The molecule has 0 unspecified atom stereocenters. The van der Waals surface area contributed by atoms with Gasteiger partial charge in [0.15, 0.2) is 0 Å². The van der Waals surface area contributed by atoms with Crippen molar-refractivity contribution in [1.29, 1.82) is 0 Å². The Labute approximate surface area is 110 Å². The average Bonchev–Trinajstić information content (AvgIpc) is 2.35. The summed E-state index contributed by atoms with van der Waals surface area (Å²) in [5.41, 5.74) is 0.448. The molecule has 4 N–H and O–H groups in total. The first kappa shape index (κ1) is 14.6. The Morgan fingerprint density at radius 1 is 1.26 bits per heavy atom.